The minimum absolute atomic E-state index is 0.00786. The first kappa shape index (κ1) is 18.7. The summed E-state index contributed by atoms with van der Waals surface area (Å²) < 4.78 is 52.9. The van der Waals surface area contributed by atoms with Crippen LogP contribution in [0.25, 0.3) is 0 Å². The standard InChI is InChI=1S/C15H17ClN2O4S2/c1-12-7-8-14(11-15(12)16)24(21,22)17-9-10-23(19,20)18-13-5-3-2-4-6-13/h2-8,11,17-18H,9-10H2,1H3. The number of hydrogen-bond donors (Lipinski definition) is 2. The first-order valence-electron chi connectivity index (χ1n) is 7.01. The molecule has 2 aromatic carbocycles. The van der Waals surface area contributed by atoms with Crippen LogP contribution in [-0.4, -0.2) is 29.1 Å². The van der Waals surface area contributed by atoms with Crippen molar-refractivity contribution >= 4 is 37.3 Å². The smallest absolute Gasteiger partial charge is 0.240 e. The van der Waals surface area contributed by atoms with Crippen LogP contribution < -0.4 is 9.44 Å². The van der Waals surface area contributed by atoms with E-state index in [2.05, 4.69) is 9.44 Å². The number of anilines is 1. The zero-order valence-corrected chi connectivity index (χ0v) is 15.2. The van der Waals surface area contributed by atoms with E-state index in [1.54, 1.807) is 43.3 Å². The summed E-state index contributed by atoms with van der Waals surface area (Å²) in [5.41, 5.74) is 1.18. The Morgan fingerprint density at radius 2 is 1.67 bits per heavy atom. The highest BCUT2D eigenvalue weighted by Crippen LogP contribution is 2.19. The molecule has 0 amide bonds. The number of aryl methyl sites for hydroxylation is 1. The Hall–Kier alpha value is -1.61. The molecule has 0 fully saturated rings. The Morgan fingerprint density at radius 1 is 1.00 bits per heavy atom. The van der Waals surface area contributed by atoms with Gasteiger partial charge in [-0.2, -0.15) is 0 Å². The molecule has 2 N–H and O–H groups in total. The van der Waals surface area contributed by atoms with Gasteiger partial charge in [0, 0.05) is 17.3 Å². The molecule has 0 aliphatic rings. The number of halogens is 1. The fourth-order valence-corrected chi connectivity index (χ4v) is 4.27. The van der Waals surface area contributed by atoms with E-state index in [-0.39, 0.29) is 17.2 Å². The third kappa shape index (κ3) is 5.20. The van der Waals surface area contributed by atoms with Crippen molar-refractivity contribution in [2.75, 3.05) is 17.0 Å². The SMILES string of the molecule is Cc1ccc(S(=O)(=O)NCCS(=O)(=O)Nc2ccccc2)cc1Cl. The monoisotopic (exact) mass is 388 g/mol. The first-order chi connectivity index (χ1) is 11.2. The quantitative estimate of drug-likeness (QED) is 0.761. The predicted octanol–water partition coefficient (Wildman–Crippen LogP) is 2.37. The molecule has 2 aromatic rings. The molecule has 0 spiro atoms. The van der Waals surface area contributed by atoms with Crippen LogP contribution in [0.15, 0.2) is 53.4 Å². The van der Waals surface area contributed by atoms with E-state index in [9.17, 15) is 16.8 Å². The fourth-order valence-electron chi connectivity index (χ4n) is 1.87. The molecule has 0 atom stereocenters. The molecule has 0 unspecified atom stereocenters. The molecular weight excluding hydrogens is 372 g/mol. The van der Waals surface area contributed by atoms with Crippen molar-refractivity contribution in [1.29, 1.82) is 0 Å². The van der Waals surface area contributed by atoms with E-state index in [1.165, 1.54) is 12.1 Å². The maximum Gasteiger partial charge on any atom is 0.240 e. The maximum absolute atomic E-state index is 12.2. The van der Waals surface area contributed by atoms with Crippen LogP contribution in [0.3, 0.4) is 0 Å². The van der Waals surface area contributed by atoms with E-state index in [4.69, 9.17) is 11.6 Å². The van der Waals surface area contributed by atoms with Gasteiger partial charge in [0.2, 0.25) is 20.0 Å². The number of para-hydroxylation sites is 1. The predicted molar refractivity (Wildman–Crippen MR) is 95.2 cm³/mol. The highest BCUT2D eigenvalue weighted by Gasteiger charge is 2.17. The topological polar surface area (TPSA) is 92.3 Å². The lowest BCUT2D eigenvalue weighted by Crippen LogP contribution is -2.31. The molecule has 0 aromatic heterocycles. The van der Waals surface area contributed by atoms with Crippen molar-refractivity contribution < 1.29 is 16.8 Å². The molecule has 0 radical (unpaired) electrons. The molecule has 0 saturated carbocycles. The minimum Gasteiger partial charge on any atom is -0.284 e. The summed E-state index contributed by atoms with van der Waals surface area (Å²) in [4.78, 5) is -0.00786. The van der Waals surface area contributed by atoms with Gasteiger partial charge in [-0.15, -0.1) is 0 Å². The van der Waals surface area contributed by atoms with Crippen LogP contribution in [0.5, 0.6) is 0 Å². The van der Waals surface area contributed by atoms with Gasteiger partial charge >= 0.3 is 0 Å². The van der Waals surface area contributed by atoms with Crippen LogP contribution in [0.1, 0.15) is 5.56 Å². The lowest BCUT2D eigenvalue weighted by molar-refractivity contribution is 0.582. The van der Waals surface area contributed by atoms with Crippen LogP contribution in [0.4, 0.5) is 5.69 Å². The summed E-state index contributed by atoms with van der Waals surface area (Å²) in [6.07, 6.45) is 0. The number of benzene rings is 2. The maximum atomic E-state index is 12.2. The Labute approximate surface area is 147 Å². The van der Waals surface area contributed by atoms with Gasteiger partial charge in [0.15, 0.2) is 0 Å². The van der Waals surface area contributed by atoms with E-state index >= 15 is 0 Å². The molecule has 0 saturated heterocycles. The van der Waals surface area contributed by atoms with Crippen molar-refractivity contribution in [3.8, 4) is 0 Å². The lowest BCUT2D eigenvalue weighted by Gasteiger charge is -2.10. The molecule has 0 heterocycles. The molecular formula is C15H17ClN2O4S2. The number of sulfonamides is 2. The molecule has 0 aliphatic carbocycles. The second kappa shape index (κ2) is 7.52. The van der Waals surface area contributed by atoms with E-state index in [0.717, 1.165) is 5.56 Å². The third-order valence-electron chi connectivity index (χ3n) is 3.16. The van der Waals surface area contributed by atoms with Gasteiger partial charge in [-0.1, -0.05) is 35.9 Å². The Bertz CT molecular complexity index is 914. The van der Waals surface area contributed by atoms with E-state index in [0.29, 0.717) is 10.7 Å². The summed E-state index contributed by atoms with van der Waals surface area (Å²) in [5.74, 6) is -0.388. The molecule has 2 rings (SSSR count). The van der Waals surface area contributed by atoms with Crippen LogP contribution in [-0.2, 0) is 20.0 Å². The van der Waals surface area contributed by atoms with Gasteiger partial charge in [0.25, 0.3) is 0 Å². The Morgan fingerprint density at radius 3 is 2.29 bits per heavy atom. The van der Waals surface area contributed by atoms with Crippen molar-refractivity contribution in [2.24, 2.45) is 0 Å². The summed E-state index contributed by atoms with van der Waals surface area (Å²) in [7, 11) is -7.48. The zero-order chi connectivity index (χ0) is 17.8. The zero-order valence-electron chi connectivity index (χ0n) is 12.9. The van der Waals surface area contributed by atoms with Crippen molar-refractivity contribution in [3.05, 3.63) is 59.1 Å². The summed E-state index contributed by atoms with van der Waals surface area (Å²) in [6.45, 7) is 1.50. The Kier molecular flexibility index (Phi) is 5.87. The van der Waals surface area contributed by atoms with Crippen molar-refractivity contribution in [2.45, 2.75) is 11.8 Å². The second-order valence-electron chi connectivity index (χ2n) is 5.10. The van der Waals surface area contributed by atoms with E-state index in [1.807, 2.05) is 0 Å². The number of nitrogens with one attached hydrogen (secondary N) is 2. The largest absolute Gasteiger partial charge is 0.284 e. The van der Waals surface area contributed by atoms with Crippen LogP contribution in [0.2, 0.25) is 5.02 Å². The molecule has 6 nitrogen and oxygen atoms in total. The normalized spacial score (nSPS) is 12.1. The van der Waals surface area contributed by atoms with Crippen molar-refractivity contribution in [3.63, 3.8) is 0 Å². The first-order valence-corrected chi connectivity index (χ1v) is 10.5. The minimum atomic E-state index is -3.82. The van der Waals surface area contributed by atoms with Gasteiger partial charge in [-0.05, 0) is 36.8 Å². The number of rotatable bonds is 7. The summed E-state index contributed by atoms with van der Waals surface area (Å²) in [6, 6.07) is 12.7. The molecule has 0 bridgehead atoms. The Balaban J connectivity index is 1.98. The van der Waals surface area contributed by atoms with Crippen molar-refractivity contribution in [1.82, 2.24) is 4.72 Å². The van der Waals surface area contributed by atoms with Gasteiger partial charge in [-0.3, -0.25) is 4.72 Å². The fraction of sp³-hybridized carbons (Fsp3) is 0.200. The van der Waals surface area contributed by atoms with Crippen LogP contribution >= 0.6 is 11.6 Å². The van der Waals surface area contributed by atoms with Gasteiger partial charge in [0.1, 0.15) is 0 Å². The summed E-state index contributed by atoms with van der Waals surface area (Å²) >= 11 is 5.92. The van der Waals surface area contributed by atoms with Gasteiger partial charge in [0.05, 0.1) is 10.6 Å². The van der Waals surface area contributed by atoms with Gasteiger partial charge in [-0.25, -0.2) is 21.6 Å². The second-order valence-corrected chi connectivity index (χ2v) is 9.11. The highest BCUT2D eigenvalue weighted by molar-refractivity contribution is 7.92. The molecule has 0 aliphatic heterocycles. The average molecular weight is 389 g/mol. The molecule has 130 valence electrons. The summed E-state index contributed by atoms with van der Waals surface area (Å²) in [5, 5.41) is 0.330. The molecule has 24 heavy (non-hydrogen) atoms. The van der Waals surface area contributed by atoms with E-state index < -0.39 is 20.0 Å². The lowest BCUT2D eigenvalue weighted by atomic mass is 10.2. The van der Waals surface area contributed by atoms with Gasteiger partial charge < -0.3 is 0 Å². The highest BCUT2D eigenvalue weighted by atomic mass is 35.5. The van der Waals surface area contributed by atoms with Crippen LogP contribution in [0, 0.1) is 6.92 Å². The average Bonchev–Trinajstić information content (AvgIpc) is 2.50. The molecule has 9 heteroatoms. The third-order valence-corrected chi connectivity index (χ3v) is 6.32. The number of hydrogen-bond acceptors (Lipinski definition) is 4.